The van der Waals surface area contributed by atoms with E-state index >= 15 is 0 Å². The number of hydrogen-bond donors (Lipinski definition) is 2. The SMILES string of the molecule is Cc1ncc(F)c(NC(C)(C)C(=O)O)n1. The van der Waals surface area contributed by atoms with Crippen LogP contribution in [0.3, 0.4) is 0 Å². The summed E-state index contributed by atoms with van der Waals surface area (Å²) in [6, 6.07) is 0. The van der Waals surface area contributed by atoms with Gasteiger partial charge < -0.3 is 10.4 Å². The molecule has 1 rings (SSSR count). The Balaban J connectivity index is 2.99. The molecule has 0 radical (unpaired) electrons. The second-order valence-corrected chi connectivity index (χ2v) is 3.67. The van der Waals surface area contributed by atoms with Crippen LogP contribution >= 0.6 is 0 Å². The second-order valence-electron chi connectivity index (χ2n) is 3.67. The van der Waals surface area contributed by atoms with Gasteiger partial charge in [-0.15, -0.1) is 0 Å². The van der Waals surface area contributed by atoms with Crippen molar-refractivity contribution in [3.63, 3.8) is 0 Å². The third-order valence-electron chi connectivity index (χ3n) is 1.83. The Labute approximate surface area is 86.4 Å². The smallest absolute Gasteiger partial charge is 0.328 e. The Morgan fingerprint density at radius 2 is 2.20 bits per heavy atom. The number of rotatable bonds is 3. The molecule has 6 heteroatoms. The molecule has 0 atom stereocenters. The average Bonchev–Trinajstić information content (AvgIpc) is 2.10. The fourth-order valence-corrected chi connectivity index (χ4v) is 0.892. The third kappa shape index (κ3) is 2.61. The Hall–Kier alpha value is -1.72. The molecule has 0 saturated carbocycles. The summed E-state index contributed by atoms with van der Waals surface area (Å²) in [4.78, 5) is 18.2. The molecule has 2 N–H and O–H groups in total. The number of anilines is 1. The zero-order valence-electron chi connectivity index (χ0n) is 8.71. The minimum Gasteiger partial charge on any atom is -0.480 e. The molecule has 0 aliphatic carbocycles. The lowest BCUT2D eigenvalue weighted by Crippen LogP contribution is -2.40. The predicted octanol–water partition coefficient (Wildman–Crippen LogP) is 1.20. The van der Waals surface area contributed by atoms with Gasteiger partial charge in [0.25, 0.3) is 0 Å². The van der Waals surface area contributed by atoms with E-state index in [1.54, 1.807) is 6.92 Å². The van der Waals surface area contributed by atoms with Gasteiger partial charge in [0.2, 0.25) is 0 Å². The van der Waals surface area contributed by atoms with Crippen molar-refractivity contribution in [2.24, 2.45) is 0 Å². The van der Waals surface area contributed by atoms with Gasteiger partial charge in [-0.3, -0.25) is 0 Å². The van der Waals surface area contributed by atoms with E-state index in [0.29, 0.717) is 5.82 Å². The molecule has 1 aromatic heterocycles. The lowest BCUT2D eigenvalue weighted by atomic mass is 10.1. The maximum atomic E-state index is 13.2. The number of hydrogen-bond acceptors (Lipinski definition) is 4. The van der Waals surface area contributed by atoms with Gasteiger partial charge in [0.05, 0.1) is 6.20 Å². The van der Waals surface area contributed by atoms with Crippen LogP contribution in [-0.4, -0.2) is 26.6 Å². The Bertz CT molecular complexity index is 393. The molecule has 82 valence electrons. The normalized spacial score (nSPS) is 11.2. The molecular formula is C9H12FN3O2. The van der Waals surface area contributed by atoms with Crippen molar-refractivity contribution < 1.29 is 14.3 Å². The van der Waals surface area contributed by atoms with Gasteiger partial charge in [-0.25, -0.2) is 19.2 Å². The van der Waals surface area contributed by atoms with E-state index in [2.05, 4.69) is 15.3 Å². The average molecular weight is 213 g/mol. The number of aryl methyl sites for hydroxylation is 1. The molecule has 0 spiro atoms. The Morgan fingerprint density at radius 3 is 2.73 bits per heavy atom. The van der Waals surface area contributed by atoms with Crippen molar-refractivity contribution in [3.8, 4) is 0 Å². The van der Waals surface area contributed by atoms with Crippen LogP contribution in [0.2, 0.25) is 0 Å². The lowest BCUT2D eigenvalue weighted by molar-refractivity contribution is -0.141. The molecule has 0 unspecified atom stereocenters. The van der Waals surface area contributed by atoms with Crippen LogP contribution in [0.5, 0.6) is 0 Å². The van der Waals surface area contributed by atoms with Gasteiger partial charge in [-0.05, 0) is 20.8 Å². The topological polar surface area (TPSA) is 75.1 Å². The molecule has 0 bridgehead atoms. The number of nitrogens with one attached hydrogen (secondary N) is 1. The summed E-state index contributed by atoms with van der Waals surface area (Å²) in [5.74, 6) is -1.48. The maximum Gasteiger partial charge on any atom is 0.328 e. The van der Waals surface area contributed by atoms with Crippen LogP contribution in [0.15, 0.2) is 6.20 Å². The van der Waals surface area contributed by atoms with E-state index in [1.165, 1.54) is 13.8 Å². The fraction of sp³-hybridized carbons (Fsp3) is 0.444. The maximum absolute atomic E-state index is 13.2. The Kier molecular flexibility index (Phi) is 2.88. The molecule has 1 heterocycles. The molecular weight excluding hydrogens is 201 g/mol. The summed E-state index contributed by atoms with van der Waals surface area (Å²) < 4.78 is 13.2. The molecule has 0 fully saturated rings. The monoisotopic (exact) mass is 213 g/mol. The van der Waals surface area contributed by atoms with Crippen molar-refractivity contribution in [1.82, 2.24) is 9.97 Å². The largest absolute Gasteiger partial charge is 0.480 e. The van der Waals surface area contributed by atoms with Crippen molar-refractivity contribution in [1.29, 1.82) is 0 Å². The Morgan fingerprint density at radius 1 is 1.60 bits per heavy atom. The van der Waals surface area contributed by atoms with E-state index in [4.69, 9.17) is 5.11 Å². The molecule has 5 nitrogen and oxygen atoms in total. The highest BCUT2D eigenvalue weighted by Crippen LogP contribution is 2.15. The number of halogens is 1. The van der Waals surface area contributed by atoms with E-state index in [1.807, 2.05) is 0 Å². The quantitative estimate of drug-likeness (QED) is 0.789. The predicted molar refractivity (Wildman–Crippen MR) is 52.1 cm³/mol. The van der Waals surface area contributed by atoms with Crippen LogP contribution in [0, 0.1) is 12.7 Å². The fourth-order valence-electron chi connectivity index (χ4n) is 0.892. The third-order valence-corrected chi connectivity index (χ3v) is 1.83. The number of nitrogens with zero attached hydrogens (tertiary/aromatic N) is 2. The number of carboxylic acid groups (broad SMARTS) is 1. The van der Waals surface area contributed by atoms with Gasteiger partial charge in [0, 0.05) is 0 Å². The van der Waals surface area contributed by atoms with Gasteiger partial charge >= 0.3 is 5.97 Å². The zero-order chi connectivity index (χ0) is 11.6. The number of carbonyl (C=O) groups is 1. The lowest BCUT2D eigenvalue weighted by Gasteiger charge is -2.21. The van der Waals surface area contributed by atoms with E-state index in [9.17, 15) is 9.18 Å². The van der Waals surface area contributed by atoms with Crippen molar-refractivity contribution in [3.05, 3.63) is 17.8 Å². The van der Waals surface area contributed by atoms with Gasteiger partial charge in [0.15, 0.2) is 11.6 Å². The summed E-state index contributed by atoms with van der Waals surface area (Å²) >= 11 is 0. The molecule has 0 aliphatic heterocycles. The van der Waals surface area contributed by atoms with Crippen molar-refractivity contribution in [2.75, 3.05) is 5.32 Å². The van der Waals surface area contributed by atoms with E-state index in [0.717, 1.165) is 6.20 Å². The van der Waals surface area contributed by atoms with Gasteiger partial charge in [0.1, 0.15) is 11.4 Å². The first-order chi connectivity index (χ1) is 6.83. The molecule has 15 heavy (non-hydrogen) atoms. The highest BCUT2D eigenvalue weighted by Gasteiger charge is 2.28. The van der Waals surface area contributed by atoms with Crippen LogP contribution in [0.25, 0.3) is 0 Å². The van der Waals surface area contributed by atoms with Crippen LogP contribution in [0.4, 0.5) is 10.2 Å². The van der Waals surface area contributed by atoms with Crippen molar-refractivity contribution in [2.45, 2.75) is 26.3 Å². The first kappa shape index (κ1) is 11.4. The van der Waals surface area contributed by atoms with Crippen LogP contribution < -0.4 is 5.32 Å². The second kappa shape index (κ2) is 3.80. The van der Waals surface area contributed by atoms with Gasteiger partial charge in [-0.1, -0.05) is 0 Å². The first-order valence-electron chi connectivity index (χ1n) is 4.33. The van der Waals surface area contributed by atoms with E-state index < -0.39 is 17.3 Å². The first-order valence-corrected chi connectivity index (χ1v) is 4.33. The zero-order valence-corrected chi connectivity index (χ0v) is 8.71. The highest BCUT2D eigenvalue weighted by atomic mass is 19.1. The molecule has 0 amide bonds. The minimum atomic E-state index is -1.28. The molecule has 1 aromatic rings. The number of aliphatic carboxylic acids is 1. The summed E-state index contributed by atoms with van der Waals surface area (Å²) in [7, 11) is 0. The molecule has 0 aromatic carbocycles. The summed E-state index contributed by atoms with van der Waals surface area (Å²) in [5, 5.41) is 11.3. The summed E-state index contributed by atoms with van der Waals surface area (Å²) in [5.41, 5.74) is -1.28. The summed E-state index contributed by atoms with van der Waals surface area (Å²) in [6.45, 7) is 4.44. The van der Waals surface area contributed by atoms with Gasteiger partial charge in [-0.2, -0.15) is 0 Å². The van der Waals surface area contributed by atoms with E-state index in [-0.39, 0.29) is 5.82 Å². The molecule has 0 aliphatic rings. The highest BCUT2D eigenvalue weighted by molar-refractivity contribution is 5.81. The number of carboxylic acids is 1. The minimum absolute atomic E-state index is 0.102. The number of aromatic nitrogens is 2. The van der Waals surface area contributed by atoms with Crippen LogP contribution in [0.1, 0.15) is 19.7 Å². The van der Waals surface area contributed by atoms with Crippen LogP contribution in [-0.2, 0) is 4.79 Å². The standard InChI is InChI=1S/C9H12FN3O2/c1-5-11-4-6(10)7(12-5)13-9(2,3)8(14)15/h4H,1-3H3,(H,14,15)(H,11,12,13). The summed E-state index contributed by atoms with van der Waals surface area (Å²) in [6.07, 6.45) is 1.00. The van der Waals surface area contributed by atoms with Crippen molar-refractivity contribution >= 4 is 11.8 Å². The molecule has 0 saturated heterocycles.